The summed E-state index contributed by atoms with van der Waals surface area (Å²) in [5, 5.41) is 1.89. The van der Waals surface area contributed by atoms with Gasteiger partial charge in [-0.2, -0.15) is 0 Å². The molecule has 3 heteroatoms. The Morgan fingerprint density at radius 2 is 1.70 bits per heavy atom. The fourth-order valence-corrected chi connectivity index (χ4v) is 2.65. The van der Waals surface area contributed by atoms with E-state index in [0.29, 0.717) is 12.2 Å². The van der Waals surface area contributed by atoms with Crippen LogP contribution in [0.3, 0.4) is 0 Å². The van der Waals surface area contributed by atoms with E-state index in [-0.39, 0.29) is 5.97 Å². The van der Waals surface area contributed by atoms with Gasteiger partial charge < -0.3 is 9.47 Å². The van der Waals surface area contributed by atoms with Crippen LogP contribution in [0.5, 0.6) is 5.75 Å². The normalized spacial score (nSPS) is 10.5. The van der Waals surface area contributed by atoms with Gasteiger partial charge in [-0.05, 0) is 29.3 Å². The second-order valence-electron chi connectivity index (χ2n) is 5.37. The van der Waals surface area contributed by atoms with E-state index in [0.717, 1.165) is 27.6 Å². The van der Waals surface area contributed by atoms with E-state index in [4.69, 9.17) is 9.47 Å². The number of hydrogen-bond acceptors (Lipinski definition) is 3. The minimum atomic E-state index is -0.342. The molecule has 0 amide bonds. The summed E-state index contributed by atoms with van der Waals surface area (Å²) in [7, 11) is 1.40. The molecule has 0 heterocycles. The van der Waals surface area contributed by atoms with E-state index in [2.05, 4.69) is 0 Å². The van der Waals surface area contributed by atoms with Gasteiger partial charge in [0.1, 0.15) is 12.4 Å². The standard InChI is InChI=1S/C20H18O3/c1-14-7-3-6-10-18(14)23-13-16-12-11-15-8-4-5-9-17(15)19(16)20(21)22-2/h3-12H,13H2,1-2H3. The van der Waals surface area contributed by atoms with E-state index in [1.807, 2.05) is 67.6 Å². The van der Waals surface area contributed by atoms with Crippen molar-refractivity contribution >= 4 is 16.7 Å². The Bertz CT molecular complexity index is 852. The molecule has 0 aliphatic rings. The summed E-state index contributed by atoms with van der Waals surface area (Å²) >= 11 is 0. The number of carbonyl (C=O) groups is 1. The maximum absolute atomic E-state index is 12.2. The van der Waals surface area contributed by atoms with Crippen molar-refractivity contribution in [1.82, 2.24) is 0 Å². The van der Waals surface area contributed by atoms with Crippen LogP contribution >= 0.6 is 0 Å². The first-order valence-corrected chi connectivity index (χ1v) is 7.48. The summed E-state index contributed by atoms with van der Waals surface area (Å²) in [5.41, 5.74) is 2.45. The molecule has 0 saturated heterocycles. The van der Waals surface area contributed by atoms with Crippen LogP contribution in [0.15, 0.2) is 60.7 Å². The number of benzene rings is 3. The third-order valence-electron chi connectivity index (χ3n) is 3.88. The Morgan fingerprint density at radius 1 is 0.957 bits per heavy atom. The van der Waals surface area contributed by atoms with E-state index < -0.39 is 0 Å². The number of aryl methyl sites for hydroxylation is 1. The molecule has 0 spiro atoms. The van der Waals surface area contributed by atoms with E-state index in [1.165, 1.54) is 7.11 Å². The van der Waals surface area contributed by atoms with Gasteiger partial charge in [0, 0.05) is 5.56 Å². The van der Waals surface area contributed by atoms with E-state index >= 15 is 0 Å². The van der Waals surface area contributed by atoms with Gasteiger partial charge in [0.25, 0.3) is 0 Å². The number of rotatable bonds is 4. The van der Waals surface area contributed by atoms with Crippen molar-refractivity contribution in [2.24, 2.45) is 0 Å². The lowest BCUT2D eigenvalue weighted by atomic mass is 9.99. The largest absolute Gasteiger partial charge is 0.489 e. The molecule has 0 saturated carbocycles. The second kappa shape index (κ2) is 6.53. The van der Waals surface area contributed by atoms with Crippen molar-refractivity contribution in [1.29, 1.82) is 0 Å². The minimum Gasteiger partial charge on any atom is -0.489 e. The fraction of sp³-hybridized carbons (Fsp3) is 0.150. The Labute approximate surface area is 135 Å². The summed E-state index contributed by atoms with van der Waals surface area (Å²) in [4.78, 5) is 12.2. The molecule has 116 valence electrons. The number of carbonyl (C=O) groups excluding carboxylic acids is 1. The highest BCUT2D eigenvalue weighted by Crippen LogP contribution is 2.25. The molecule has 3 rings (SSSR count). The van der Waals surface area contributed by atoms with Crippen molar-refractivity contribution < 1.29 is 14.3 Å². The lowest BCUT2D eigenvalue weighted by Crippen LogP contribution is -2.09. The van der Waals surface area contributed by atoms with Crippen LogP contribution in [0.1, 0.15) is 21.5 Å². The lowest BCUT2D eigenvalue weighted by Gasteiger charge is -2.13. The van der Waals surface area contributed by atoms with Crippen molar-refractivity contribution in [2.75, 3.05) is 7.11 Å². The van der Waals surface area contributed by atoms with Crippen molar-refractivity contribution in [3.63, 3.8) is 0 Å². The maximum Gasteiger partial charge on any atom is 0.338 e. The Balaban J connectivity index is 2.00. The molecule has 3 aromatic carbocycles. The van der Waals surface area contributed by atoms with Gasteiger partial charge in [-0.25, -0.2) is 4.79 Å². The fourth-order valence-electron chi connectivity index (χ4n) is 2.65. The van der Waals surface area contributed by atoms with Crippen LogP contribution in [0, 0.1) is 6.92 Å². The Morgan fingerprint density at radius 3 is 2.48 bits per heavy atom. The smallest absolute Gasteiger partial charge is 0.338 e. The molecule has 0 fully saturated rings. The predicted molar refractivity (Wildman–Crippen MR) is 90.8 cm³/mol. The van der Waals surface area contributed by atoms with Crippen LogP contribution in [-0.4, -0.2) is 13.1 Å². The first-order valence-electron chi connectivity index (χ1n) is 7.48. The van der Waals surface area contributed by atoms with Crippen molar-refractivity contribution in [3.05, 3.63) is 77.4 Å². The zero-order chi connectivity index (χ0) is 16.2. The molecule has 3 nitrogen and oxygen atoms in total. The number of hydrogen-bond donors (Lipinski definition) is 0. The predicted octanol–water partition coefficient (Wildman–Crippen LogP) is 4.51. The lowest BCUT2D eigenvalue weighted by molar-refractivity contribution is 0.0600. The van der Waals surface area contributed by atoms with Crippen molar-refractivity contribution in [3.8, 4) is 5.75 Å². The van der Waals surface area contributed by atoms with Gasteiger partial charge in [-0.1, -0.05) is 54.6 Å². The molecule has 0 atom stereocenters. The molecule has 0 aliphatic heterocycles. The molecular formula is C20H18O3. The number of fused-ring (bicyclic) bond motifs is 1. The second-order valence-corrected chi connectivity index (χ2v) is 5.37. The van der Waals surface area contributed by atoms with Gasteiger partial charge in [-0.3, -0.25) is 0 Å². The van der Waals surface area contributed by atoms with Crippen molar-refractivity contribution in [2.45, 2.75) is 13.5 Å². The summed E-state index contributed by atoms with van der Waals surface area (Å²) in [6.07, 6.45) is 0. The molecule has 0 bridgehead atoms. The summed E-state index contributed by atoms with van der Waals surface area (Å²) in [6.45, 7) is 2.32. The molecule has 23 heavy (non-hydrogen) atoms. The highest BCUT2D eigenvalue weighted by Gasteiger charge is 2.16. The molecule has 3 aromatic rings. The van der Waals surface area contributed by atoms with Gasteiger partial charge in [-0.15, -0.1) is 0 Å². The molecule has 0 aliphatic carbocycles. The third-order valence-corrected chi connectivity index (χ3v) is 3.88. The molecule has 0 aromatic heterocycles. The van der Waals surface area contributed by atoms with Crippen LogP contribution in [0.25, 0.3) is 10.8 Å². The number of ether oxygens (including phenoxy) is 2. The van der Waals surface area contributed by atoms with Gasteiger partial charge >= 0.3 is 5.97 Å². The maximum atomic E-state index is 12.2. The van der Waals surface area contributed by atoms with Gasteiger partial charge in [0.05, 0.1) is 12.7 Å². The van der Waals surface area contributed by atoms with E-state index in [1.54, 1.807) is 0 Å². The molecular weight excluding hydrogens is 288 g/mol. The van der Waals surface area contributed by atoms with E-state index in [9.17, 15) is 4.79 Å². The zero-order valence-corrected chi connectivity index (χ0v) is 13.2. The summed E-state index contributed by atoms with van der Waals surface area (Å²) in [6, 6.07) is 19.5. The zero-order valence-electron chi connectivity index (χ0n) is 13.2. The Kier molecular flexibility index (Phi) is 4.29. The van der Waals surface area contributed by atoms with Gasteiger partial charge in [0.2, 0.25) is 0 Å². The highest BCUT2D eigenvalue weighted by atomic mass is 16.5. The van der Waals surface area contributed by atoms with Crippen LogP contribution in [0.4, 0.5) is 0 Å². The summed E-state index contributed by atoms with van der Waals surface area (Å²) in [5.74, 6) is 0.474. The van der Waals surface area contributed by atoms with Crippen LogP contribution in [0.2, 0.25) is 0 Å². The monoisotopic (exact) mass is 306 g/mol. The van der Waals surface area contributed by atoms with Crippen LogP contribution < -0.4 is 4.74 Å². The number of esters is 1. The average Bonchev–Trinajstić information content (AvgIpc) is 2.60. The Hall–Kier alpha value is -2.81. The third kappa shape index (κ3) is 3.04. The SMILES string of the molecule is COC(=O)c1c(COc2ccccc2C)ccc2ccccc12. The molecule has 0 unspecified atom stereocenters. The topological polar surface area (TPSA) is 35.5 Å². The first-order chi connectivity index (χ1) is 11.2. The highest BCUT2D eigenvalue weighted by molar-refractivity contribution is 6.05. The summed E-state index contributed by atoms with van der Waals surface area (Å²) < 4.78 is 10.9. The molecule has 0 radical (unpaired) electrons. The minimum absolute atomic E-state index is 0.320. The number of methoxy groups -OCH3 is 1. The van der Waals surface area contributed by atoms with Gasteiger partial charge in [0.15, 0.2) is 0 Å². The molecule has 0 N–H and O–H groups in total. The van der Waals surface area contributed by atoms with Crippen LogP contribution in [-0.2, 0) is 11.3 Å². The quantitative estimate of drug-likeness (QED) is 0.665. The first kappa shape index (κ1) is 15.1. The average molecular weight is 306 g/mol. The number of para-hydroxylation sites is 1.